The Kier molecular flexibility index (Phi) is 6.10. The lowest BCUT2D eigenvalue weighted by atomic mass is 9.59. The smallest absolute Gasteiger partial charge is 0.355 e. The molecule has 1 spiro atoms. The van der Waals surface area contributed by atoms with Crippen LogP contribution in [0.3, 0.4) is 0 Å². The van der Waals surface area contributed by atoms with Crippen LogP contribution in [-0.4, -0.2) is 56.1 Å². The molecule has 0 amide bonds. The highest BCUT2D eigenvalue weighted by Crippen LogP contribution is 2.62. The number of carbonyl (C=O) groups is 2. The highest BCUT2D eigenvalue weighted by molar-refractivity contribution is 5.99. The Hall–Kier alpha value is -2.74. The first-order valence-corrected chi connectivity index (χ1v) is 13.5. The summed E-state index contributed by atoms with van der Waals surface area (Å²) in [6.07, 6.45) is 1.15. The van der Waals surface area contributed by atoms with Gasteiger partial charge in [0.05, 0.1) is 12.0 Å². The quantitative estimate of drug-likeness (QED) is 0.418. The second kappa shape index (κ2) is 8.63. The standard InChI is InChI=1S/C31H39NO6/c1-16-14-30-18(3)12-17(2)29(5,6)22(26(30)35)13-20(15-33)25(34)31(30,37)27(16)38-28(36)24-19(4)21-10-8-9-11-23(21)32(24)7/h8-11,13-14,17-18,22,25,27,33-34,37H,12,15H2,1-7H3/t17-,18?,22+,25+,27-,30?,31-/m0/s1. The highest BCUT2D eigenvalue weighted by atomic mass is 16.6. The Morgan fingerprint density at radius 1 is 1.16 bits per heavy atom. The number of ketones is 1. The van der Waals surface area contributed by atoms with Crippen LogP contribution in [0.1, 0.15) is 57.1 Å². The maximum atomic E-state index is 14.5. The Morgan fingerprint density at radius 3 is 2.45 bits per heavy atom. The van der Waals surface area contributed by atoms with Crippen molar-refractivity contribution in [3.8, 4) is 0 Å². The minimum atomic E-state index is -2.18. The number of carbonyl (C=O) groups excluding carboxylic acids is 2. The molecule has 3 N–H and O–H groups in total. The third-order valence-electron chi connectivity index (χ3n) is 10.3. The van der Waals surface area contributed by atoms with Gasteiger partial charge in [0, 0.05) is 23.9 Å². The molecule has 1 saturated carbocycles. The van der Waals surface area contributed by atoms with Gasteiger partial charge in [-0.3, -0.25) is 4.79 Å². The molecule has 2 aromatic rings. The zero-order valence-electron chi connectivity index (χ0n) is 23.3. The van der Waals surface area contributed by atoms with Crippen molar-refractivity contribution in [3.63, 3.8) is 0 Å². The van der Waals surface area contributed by atoms with Crippen molar-refractivity contribution in [2.45, 2.75) is 65.8 Å². The van der Waals surface area contributed by atoms with Crippen molar-refractivity contribution in [2.75, 3.05) is 6.61 Å². The van der Waals surface area contributed by atoms with Crippen molar-refractivity contribution in [1.82, 2.24) is 4.57 Å². The van der Waals surface area contributed by atoms with Crippen LogP contribution in [0.2, 0.25) is 0 Å². The fourth-order valence-electron chi connectivity index (χ4n) is 7.69. The molecule has 2 unspecified atom stereocenters. The van der Waals surface area contributed by atoms with E-state index in [9.17, 15) is 24.9 Å². The zero-order chi connectivity index (χ0) is 27.9. The lowest BCUT2D eigenvalue weighted by Crippen LogP contribution is -2.65. The molecule has 3 aliphatic rings. The van der Waals surface area contributed by atoms with Gasteiger partial charge in [-0.2, -0.15) is 0 Å². The van der Waals surface area contributed by atoms with Crippen molar-refractivity contribution >= 4 is 22.7 Å². The lowest BCUT2D eigenvalue weighted by Gasteiger charge is -2.48. The summed E-state index contributed by atoms with van der Waals surface area (Å²) >= 11 is 0. The van der Waals surface area contributed by atoms with Gasteiger partial charge in [-0.15, -0.1) is 0 Å². The maximum Gasteiger partial charge on any atom is 0.355 e. The zero-order valence-corrected chi connectivity index (χ0v) is 23.3. The van der Waals surface area contributed by atoms with E-state index in [0.29, 0.717) is 17.7 Å². The van der Waals surface area contributed by atoms with Gasteiger partial charge in [0.25, 0.3) is 0 Å². The number of aryl methyl sites for hydroxylation is 2. The van der Waals surface area contributed by atoms with Gasteiger partial charge in [0.2, 0.25) is 0 Å². The van der Waals surface area contributed by atoms with E-state index in [1.165, 1.54) is 0 Å². The molecule has 1 fully saturated rings. The minimum absolute atomic E-state index is 0.121. The number of aliphatic hydroxyl groups excluding tert-OH is 2. The Balaban J connectivity index is 1.67. The van der Waals surface area contributed by atoms with Gasteiger partial charge in [-0.1, -0.05) is 58.0 Å². The molecule has 2 bridgehead atoms. The average Bonchev–Trinajstić information content (AvgIpc) is 3.22. The predicted octanol–water partition coefficient (Wildman–Crippen LogP) is 3.87. The third kappa shape index (κ3) is 3.18. The van der Waals surface area contributed by atoms with Gasteiger partial charge in [0.15, 0.2) is 17.5 Å². The first kappa shape index (κ1) is 26.9. The van der Waals surface area contributed by atoms with Gasteiger partial charge in [-0.25, -0.2) is 4.79 Å². The molecular weight excluding hydrogens is 482 g/mol. The number of aromatic nitrogens is 1. The van der Waals surface area contributed by atoms with Crippen LogP contribution in [0.5, 0.6) is 0 Å². The molecule has 204 valence electrons. The summed E-state index contributed by atoms with van der Waals surface area (Å²) in [6.45, 7) is 11.1. The summed E-state index contributed by atoms with van der Waals surface area (Å²) < 4.78 is 7.86. The second-order valence-corrected chi connectivity index (χ2v) is 12.4. The normalized spacial score (nSPS) is 36.3. The summed E-state index contributed by atoms with van der Waals surface area (Å²) in [5.74, 6) is -1.71. The number of ether oxygens (including phenoxy) is 1. The van der Waals surface area contributed by atoms with Crippen molar-refractivity contribution in [2.24, 2.45) is 35.6 Å². The number of benzene rings is 1. The molecule has 0 aliphatic heterocycles. The molecule has 3 aliphatic carbocycles. The Morgan fingerprint density at radius 2 is 1.82 bits per heavy atom. The van der Waals surface area contributed by atoms with E-state index in [0.717, 1.165) is 16.5 Å². The van der Waals surface area contributed by atoms with Crippen LogP contribution in [0.4, 0.5) is 0 Å². The molecule has 1 aromatic heterocycles. The van der Waals surface area contributed by atoms with E-state index in [1.54, 1.807) is 30.7 Å². The number of nitrogens with zero attached hydrogens (tertiary/aromatic N) is 1. The number of Topliss-reactive ketones (excluding diaryl/α,β-unsaturated/α-hetero) is 1. The first-order valence-electron chi connectivity index (χ1n) is 13.5. The number of hydrogen-bond acceptors (Lipinski definition) is 6. The number of para-hydroxylation sites is 1. The van der Waals surface area contributed by atoms with Crippen molar-refractivity contribution in [3.05, 3.63) is 58.8 Å². The van der Waals surface area contributed by atoms with Crippen LogP contribution >= 0.6 is 0 Å². The number of hydrogen-bond donors (Lipinski definition) is 3. The van der Waals surface area contributed by atoms with Crippen LogP contribution in [-0.2, 0) is 16.6 Å². The predicted molar refractivity (Wildman–Crippen MR) is 144 cm³/mol. The van der Waals surface area contributed by atoms with Gasteiger partial charge >= 0.3 is 5.97 Å². The summed E-state index contributed by atoms with van der Waals surface area (Å²) in [5.41, 5.74) is -1.48. The third-order valence-corrected chi connectivity index (χ3v) is 10.3. The minimum Gasteiger partial charge on any atom is -0.450 e. The van der Waals surface area contributed by atoms with Crippen LogP contribution in [0.15, 0.2) is 47.6 Å². The largest absolute Gasteiger partial charge is 0.450 e. The van der Waals surface area contributed by atoms with E-state index in [2.05, 4.69) is 6.92 Å². The molecule has 5 rings (SSSR count). The van der Waals surface area contributed by atoms with Crippen LogP contribution < -0.4 is 0 Å². The molecule has 1 heterocycles. The fourth-order valence-corrected chi connectivity index (χ4v) is 7.69. The van der Waals surface area contributed by atoms with E-state index in [4.69, 9.17) is 4.74 Å². The number of fused-ring (bicyclic) bond motifs is 2. The highest BCUT2D eigenvalue weighted by Gasteiger charge is 2.73. The Bertz CT molecular complexity index is 1360. The maximum absolute atomic E-state index is 14.5. The SMILES string of the molecule is CC1=CC23C(=O)[C@@H](C=C(CO)[C@@H](O)[C@]2(O)[C@H]1OC(=O)c1c(C)c2ccccc2n1C)C(C)(C)[C@@H](C)CC3C. The molecular formula is C31H39NO6. The average molecular weight is 522 g/mol. The molecule has 7 nitrogen and oxygen atoms in total. The van der Waals surface area contributed by atoms with Crippen LogP contribution in [0, 0.1) is 35.5 Å². The molecule has 38 heavy (non-hydrogen) atoms. The Labute approximate surface area is 223 Å². The molecule has 7 heteroatoms. The summed E-state index contributed by atoms with van der Waals surface area (Å²) in [6, 6.07) is 7.66. The summed E-state index contributed by atoms with van der Waals surface area (Å²) in [7, 11) is 1.79. The van der Waals surface area contributed by atoms with Crippen molar-refractivity contribution < 1.29 is 29.6 Å². The second-order valence-electron chi connectivity index (χ2n) is 12.4. The van der Waals surface area contributed by atoms with Gasteiger partial charge < -0.3 is 24.6 Å². The van der Waals surface area contributed by atoms with Gasteiger partial charge in [0.1, 0.15) is 11.8 Å². The topological polar surface area (TPSA) is 109 Å². The number of rotatable bonds is 3. The van der Waals surface area contributed by atoms with E-state index in [-0.39, 0.29) is 23.2 Å². The number of esters is 1. The molecule has 0 radical (unpaired) electrons. The van der Waals surface area contributed by atoms with Crippen LogP contribution in [0.25, 0.3) is 10.9 Å². The fraction of sp³-hybridized carbons (Fsp3) is 0.548. The monoisotopic (exact) mass is 521 g/mol. The van der Waals surface area contributed by atoms with E-state index in [1.807, 2.05) is 52.0 Å². The molecule has 7 atom stereocenters. The van der Waals surface area contributed by atoms with E-state index < -0.39 is 47.1 Å². The summed E-state index contributed by atoms with van der Waals surface area (Å²) in [4.78, 5) is 28.3. The van der Waals surface area contributed by atoms with Crippen molar-refractivity contribution in [1.29, 1.82) is 0 Å². The lowest BCUT2D eigenvalue weighted by molar-refractivity contribution is -0.190. The number of allylic oxidation sites excluding steroid dienone is 1. The molecule has 0 saturated heterocycles. The summed E-state index contributed by atoms with van der Waals surface area (Å²) in [5, 5.41) is 35.6. The van der Waals surface area contributed by atoms with Gasteiger partial charge in [-0.05, 0) is 60.3 Å². The molecule has 1 aromatic carbocycles. The first-order chi connectivity index (χ1) is 17.7. The number of aliphatic hydroxyl groups is 3. The van der Waals surface area contributed by atoms with E-state index >= 15 is 0 Å².